The predicted octanol–water partition coefficient (Wildman–Crippen LogP) is 2.49. The van der Waals surface area contributed by atoms with E-state index in [0.717, 1.165) is 11.1 Å². The Bertz CT molecular complexity index is 747. The van der Waals surface area contributed by atoms with Crippen molar-refractivity contribution in [2.75, 3.05) is 13.2 Å². The van der Waals surface area contributed by atoms with Crippen molar-refractivity contribution in [1.82, 2.24) is 10.6 Å². The molecule has 1 unspecified atom stereocenters. The number of benzene rings is 2. The smallest absolute Gasteiger partial charge is 0.254 e. The highest BCUT2D eigenvalue weighted by atomic mass is 19.1. The lowest BCUT2D eigenvalue weighted by Crippen LogP contribution is -2.33. The van der Waals surface area contributed by atoms with Crippen LogP contribution in [-0.4, -0.2) is 30.1 Å². The van der Waals surface area contributed by atoms with Gasteiger partial charge in [0.15, 0.2) is 0 Å². The molecule has 5 nitrogen and oxygen atoms in total. The van der Waals surface area contributed by atoms with Crippen LogP contribution in [-0.2, 0) is 4.79 Å². The minimum Gasteiger partial charge on any atom is -0.396 e. The molecule has 26 heavy (non-hydrogen) atoms. The van der Waals surface area contributed by atoms with Gasteiger partial charge in [-0.05, 0) is 31.0 Å². The standard InChI is InChI=1S/C20H23FN2O3/c1-14-6-8-15(9-7-14)18(11-13-24)23-19(25)10-12-22-20(26)16-4-2-3-5-17(16)21/h2-9,18,24H,10-13H2,1H3,(H,22,26)(H,23,25). The fourth-order valence-electron chi connectivity index (χ4n) is 2.55. The number of aliphatic hydroxyl groups excluding tert-OH is 1. The number of halogens is 1. The van der Waals surface area contributed by atoms with Gasteiger partial charge in [-0.15, -0.1) is 0 Å². The Balaban J connectivity index is 1.85. The molecular weight excluding hydrogens is 335 g/mol. The van der Waals surface area contributed by atoms with E-state index >= 15 is 0 Å². The predicted molar refractivity (Wildman–Crippen MR) is 97.1 cm³/mol. The van der Waals surface area contributed by atoms with E-state index in [9.17, 15) is 19.1 Å². The summed E-state index contributed by atoms with van der Waals surface area (Å²) in [5.74, 6) is -1.41. The van der Waals surface area contributed by atoms with E-state index in [2.05, 4.69) is 10.6 Å². The summed E-state index contributed by atoms with van der Waals surface area (Å²) in [5, 5.41) is 14.6. The van der Waals surface area contributed by atoms with E-state index in [1.807, 2.05) is 31.2 Å². The van der Waals surface area contributed by atoms with E-state index in [1.165, 1.54) is 18.2 Å². The molecule has 0 aromatic heterocycles. The van der Waals surface area contributed by atoms with Gasteiger partial charge in [0.25, 0.3) is 5.91 Å². The van der Waals surface area contributed by atoms with Gasteiger partial charge in [0.05, 0.1) is 11.6 Å². The van der Waals surface area contributed by atoms with Crippen LogP contribution in [0, 0.1) is 12.7 Å². The number of hydrogen-bond acceptors (Lipinski definition) is 3. The lowest BCUT2D eigenvalue weighted by molar-refractivity contribution is -0.121. The Labute approximate surface area is 152 Å². The van der Waals surface area contributed by atoms with E-state index in [4.69, 9.17) is 0 Å². The summed E-state index contributed by atoms with van der Waals surface area (Å²) < 4.78 is 13.5. The van der Waals surface area contributed by atoms with Crippen molar-refractivity contribution in [3.63, 3.8) is 0 Å². The van der Waals surface area contributed by atoms with E-state index in [-0.39, 0.29) is 37.1 Å². The maximum atomic E-state index is 13.5. The Morgan fingerprint density at radius 3 is 2.46 bits per heavy atom. The Hall–Kier alpha value is -2.73. The van der Waals surface area contributed by atoms with Crippen LogP contribution in [0.5, 0.6) is 0 Å². The van der Waals surface area contributed by atoms with Crippen molar-refractivity contribution in [2.45, 2.75) is 25.8 Å². The Morgan fingerprint density at radius 2 is 1.81 bits per heavy atom. The molecule has 2 aromatic rings. The van der Waals surface area contributed by atoms with Crippen LogP contribution in [0.4, 0.5) is 4.39 Å². The first-order chi connectivity index (χ1) is 12.5. The molecule has 2 aromatic carbocycles. The van der Waals surface area contributed by atoms with E-state index in [1.54, 1.807) is 6.07 Å². The molecule has 0 bridgehead atoms. The highest BCUT2D eigenvalue weighted by Gasteiger charge is 2.15. The third kappa shape index (κ3) is 5.67. The van der Waals surface area contributed by atoms with Crippen molar-refractivity contribution in [3.8, 4) is 0 Å². The average Bonchev–Trinajstić information content (AvgIpc) is 2.62. The second-order valence-corrected chi connectivity index (χ2v) is 6.03. The molecule has 0 aliphatic carbocycles. The summed E-state index contributed by atoms with van der Waals surface area (Å²) in [6, 6.07) is 13.1. The third-order valence-corrected chi connectivity index (χ3v) is 3.99. The molecular formula is C20H23FN2O3. The van der Waals surface area contributed by atoms with Crippen LogP contribution in [0.15, 0.2) is 48.5 Å². The van der Waals surface area contributed by atoms with Crippen LogP contribution >= 0.6 is 0 Å². The molecule has 1 atom stereocenters. The van der Waals surface area contributed by atoms with Gasteiger partial charge in [0.2, 0.25) is 5.91 Å². The number of nitrogens with one attached hydrogen (secondary N) is 2. The van der Waals surface area contributed by atoms with Gasteiger partial charge in [-0.1, -0.05) is 42.0 Å². The van der Waals surface area contributed by atoms with Gasteiger partial charge in [0.1, 0.15) is 5.82 Å². The zero-order valence-electron chi connectivity index (χ0n) is 14.7. The zero-order chi connectivity index (χ0) is 18.9. The molecule has 0 fully saturated rings. The highest BCUT2D eigenvalue weighted by molar-refractivity contribution is 5.94. The summed E-state index contributed by atoms with van der Waals surface area (Å²) in [6.45, 7) is 2.02. The quantitative estimate of drug-likeness (QED) is 0.678. The van der Waals surface area contributed by atoms with Gasteiger partial charge in [-0.3, -0.25) is 9.59 Å². The molecule has 0 saturated heterocycles. The summed E-state index contributed by atoms with van der Waals surface area (Å²) >= 11 is 0. The lowest BCUT2D eigenvalue weighted by Gasteiger charge is -2.18. The minimum absolute atomic E-state index is 0.0503. The second kappa shape index (κ2) is 9.68. The molecule has 0 heterocycles. The van der Waals surface area contributed by atoms with E-state index < -0.39 is 11.7 Å². The average molecular weight is 358 g/mol. The fraction of sp³-hybridized carbons (Fsp3) is 0.300. The molecule has 0 saturated carbocycles. The van der Waals surface area contributed by atoms with Crippen molar-refractivity contribution in [1.29, 1.82) is 0 Å². The molecule has 3 N–H and O–H groups in total. The number of carbonyl (C=O) groups is 2. The zero-order valence-corrected chi connectivity index (χ0v) is 14.7. The summed E-state index contributed by atoms with van der Waals surface area (Å²) in [5.41, 5.74) is 1.97. The van der Waals surface area contributed by atoms with Gasteiger partial charge in [-0.25, -0.2) is 4.39 Å². The van der Waals surface area contributed by atoms with Crippen LogP contribution in [0.3, 0.4) is 0 Å². The summed E-state index contributed by atoms with van der Waals surface area (Å²) in [6.07, 6.45) is 0.463. The Morgan fingerprint density at radius 1 is 1.12 bits per heavy atom. The molecule has 2 rings (SSSR count). The number of aliphatic hydroxyl groups is 1. The van der Waals surface area contributed by atoms with Gasteiger partial charge >= 0.3 is 0 Å². The highest BCUT2D eigenvalue weighted by Crippen LogP contribution is 2.17. The van der Waals surface area contributed by atoms with Gasteiger partial charge in [0, 0.05) is 19.6 Å². The topological polar surface area (TPSA) is 78.4 Å². The molecule has 6 heteroatoms. The van der Waals surface area contributed by atoms with Crippen LogP contribution < -0.4 is 10.6 Å². The minimum atomic E-state index is -0.600. The van der Waals surface area contributed by atoms with Crippen molar-refractivity contribution < 1.29 is 19.1 Å². The van der Waals surface area contributed by atoms with E-state index in [0.29, 0.717) is 6.42 Å². The fourth-order valence-corrected chi connectivity index (χ4v) is 2.55. The largest absolute Gasteiger partial charge is 0.396 e. The lowest BCUT2D eigenvalue weighted by atomic mass is 10.0. The first kappa shape index (κ1) is 19.6. The summed E-state index contributed by atoms with van der Waals surface area (Å²) in [4.78, 5) is 24.0. The van der Waals surface area contributed by atoms with Crippen molar-refractivity contribution in [3.05, 3.63) is 71.0 Å². The van der Waals surface area contributed by atoms with Crippen LogP contribution in [0.2, 0.25) is 0 Å². The number of hydrogen-bond donors (Lipinski definition) is 3. The molecule has 0 aliphatic rings. The molecule has 0 spiro atoms. The first-order valence-electron chi connectivity index (χ1n) is 8.50. The van der Waals surface area contributed by atoms with Crippen LogP contribution in [0.25, 0.3) is 0 Å². The number of rotatable bonds is 8. The normalized spacial score (nSPS) is 11.7. The maximum absolute atomic E-state index is 13.5. The number of aryl methyl sites for hydroxylation is 1. The SMILES string of the molecule is Cc1ccc(C(CCO)NC(=O)CCNC(=O)c2ccccc2F)cc1. The monoisotopic (exact) mass is 358 g/mol. The molecule has 0 radical (unpaired) electrons. The molecule has 2 amide bonds. The van der Waals surface area contributed by atoms with Crippen molar-refractivity contribution >= 4 is 11.8 Å². The van der Waals surface area contributed by atoms with Crippen LogP contribution in [0.1, 0.15) is 40.4 Å². The molecule has 138 valence electrons. The maximum Gasteiger partial charge on any atom is 0.254 e. The first-order valence-corrected chi connectivity index (χ1v) is 8.50. The number of amides is 2. The third-order valence-electron chi connectivity index (χ3n) is 3.99. The van der Waals surface area contributed by atoms with Gasteiger partial charge < -0.3 is 15.7 Å². The number of carbonyl (C=O) groups excluding carboxylic acids is 2. The van der Waals surface area contributed by atoms with Crippen molar-refractivity contribution in [2.24, 2.45) is 0 Å². The molecule has 0 aliphatic heterocycles. The summed E-state index contributed by atoms with van der Waals surface area (Å²) in [7, 11) is 0. The Kier molecular flexibility index (Phi) is 7.29. The second-order valence-electron chi connectivity index (χ2n) is 6.03. The van der Waals surface area contributed by atoms with Gasteiger partial charge in [-0.2, -0.15) is 0 Å².